The number of carbonyl (C=O) groups excluding carboxylic acids is 2. The van der Waals surface area contributed by atoms with Gasteiger partial charge < -0.3 is 20.3 Å². The number of amides is 1. The largest absolute Gasteiger partial charge is 0.462 e. The fourth-order valence-electron chi connectivity index (χ4n) is 7.37. The number of aliphatic hydroxyl groups excluding tert-OH is 2. The average Bonchev–Trinajstić information content (AvgIpc) is 3.13. The quantitative estimate of drug-likeness (QED) is 0.0428. The van der Waals surface area contributed by atoms with Crippen LogP contribution in [0, 0.1) is 0 Å². The molecule has 0 aliphatic rings. The van der Waals surface area contributed by atoms with E-state index in [0.29, 0.717) is 19.3 Å². The van der Waals surface area contributed by atoms with Crippen molar-refractivity contribution in [1.82, 2.24) is 5.32 Å². The van der Waals surface area contributed by atoms with Crippen molar-refractivity contribution in [3.05, 3.63) is 0 Å². The third-order valence-corrected chi connectivity index (χ3v) is 10.9. The number of carbonyl (C=O) groups is 2. The molecule has 0 aromatic rings. The summed E-state index contributed by atoms with van der Waals surface area (Å²) < 4.78 is 5.90. The molecular weight excluding hydrogens is 647 g/mol. The van der Waals surface area contributed by atoms with Crippen molar-refractivity contribution in [2.24, 2.45) is 0 Å². The summed E-state index contributed by atoms with van der Waals surface area (Å²) in [6, 6.07) is -0.690. The zero-order valence-electron chi connectivity index (χ0n) is 35.2. The van der Waals surface area contributed by atoms with Gasteiger partial charge in [-0.2, -0.15) is 0 Å². The molecule has 0 aromatic carbocycles. The molecular formula is C46H91NO5. The summed E-state index contributed by atoms with van der Waals surface area (Å²) in [7, 11) is 0. The van der Waals surface area contributed by atoms with Crippen LogP contribution in [0.25, 0.3) is 0 Å². The van der Waals surface area contributed by atoms with Crippen LogP contribution < -0.4 is 5.32 Å². The van der Waals surface area contributed by atoms with Crippen LogP contribution >= 0.6 is 0 Å². The standard InChI is InChI=1S/C46H91NO5/c1-4-7-10-13-16-19-22-25-28-31-34-37-42(52-46(51)39-36-33-30-27-24-21-18-15-12-9-6-3)40-45(50)47-43(41-48)44(49)38-35-32-29-26-23-20-17-14-11-8-5-2/h42-44,48-49H,4-41H2,1-3H3,(H,47,50). The Labute approximate surface area is 324 Å². The topological polar surface area (TPSA) is 95.9 Å². The molecule has 52 heavy (non-hydrogen) atoms. The van der Waals surface area contributed by atoms with Gasteiger partial charge >= 0.3 is 5.97 Å². The molecule has 6 nitrogen and oxygen atoms in total. The van der Waals surface area contributed by atoms with Gasteiger partial charge in [-0.25, -0.2) is 0 Å². The van der Waals surface area contributed by atoms with Crippen molar-refractivity contribution in [2.75, 3.05) is 6.61 Å². The van der Waals surface area contributed by atoms with Crippen molar-refractivity contribution >= 4 is 11.9 Å². The van der Waals surface area contributed by atoms with Crippen molar-refractivity contribution in [1.29, 1.82) is 0 Å². The van der Waals surface area contributed by atoms with Crippen LogP contribution in [0.1, 0.15) is 258 Å². The molecule has 0 heterocycles. The summed E-state index contributed by atoms with van der Waals surface area (Å²) in [6.45, 7) is 6.47. The monoisotopic (exact) mass is 738 g/mol. The lowest BCUT2D eigenvalue weighted by molar-refractivity contribution is -0.151. The smallest absolute Gasteiger partial charge is 0.306 e. The summed E-state index contributed by atoms with van der Waals surface area (Å²) in [5, 5.41) is 23.6. The second-order valence-electron chi connectivity index (χ2n) is 16.2. The van der Waals surface area contributed by atoms with Gasteiger partial charge in [0.15, 0.2) is 0 Å². The summed E-state index contributed by atoms with van der Waals surface area (Å²) in [4.78, 5) is 25.9. The Hall–Kier alpha value is -1.14. The zero-order chi connectivity index (χ0) is 38.2. The predicted octanol–water partition coefficient (Wildman–Crippen LogP) is 13.2. The Kier molecular flexibility index (Phi) is 40.1. The lowest BCUT2D eigenvalue weighted by Crippen LogP contribution is -2.46. The fourth-order valence-corrected chi connectivity index (χ4v) is 7.37. The van der Waals surface area contributed by atoms with Gasteiger partial charge in [0.2, 0.25) is 5.91 Å². The van der Waals surface area contributed by atoms with E-state index >= 15 is 0 Å². The van der Waals surface area contributed by atoms with Crippen LogP contribution in [0.5, 0.6) is 0 Å². The van der Waals surface area contributed by atoms with Crippen LogP contribution in [0.2, 0.25) is 0 Å². The second kappa shape index (κ2) is 41.0. The molecule has 0 aromatic heterocycles. The van der Waals surface area contributed by atoms with Gasteiger partial charge in [0, 0.05) is 6.42 Å². The molecule has 0 rings (SSSR count). The van der Waals surface area contributed by atoms with E-state index in [1.54, 1.807) is 0 Å². The summed E-state index contributed by atoms with van der Waals surface area (Å²) in [6.07, 6.45) is 41.6. The number of esters is 1. The first-order chi connectivity index (χ1) is 25.5. The van der Waals surface area contributed by atoms with Crippen LogP contribution in [-0.4, -0.2) is 46.9 Å². The number of nitrogens with one attached hydrogen (secondary N) is 1. The third kappa shape index (κ3) is 35.9. The van der Waals surface area contributed by atoms with Crippen molar-refractivity contribution in [2.45, 2.75) is 277 Å². The summed E-state index contributed by atoms with van der Waals surface area (Å²) >= 11 is 0. The molecule has 0 spiro atoms. The highest BCUT2D eigenvalue weighted by molar-refractivity contribution is 5.77. The highest BCUT2D eigenvalue weighted by atomic mass is 16.5. The molecule has 1 amide bonds. The molecule has 3 N–H and O–H groups in total. The lowest BCUT2D eigenvalue weighted by atomic mass is 10.0. The zero-order valence-corrected chi connectivity index (χ0v) is 35.2. The van der Waals surface area contributed by atoms with E-state index < -0.39 is 18.2 Å². The van der Waals surface area contributed by atoms with Crippen LogP contribution in [0.3, 0.4) is 0 Å². The number of rotatable bonds is 42. The van der Waals surface area contributed by atoms with Gasteiger partial charge in [-0.15, -0.1) is 0 Å². The molecule has 0 aliphatic carbocycles. The molecule has 310 valence electrons. The number of hydrogen-bond donors (Lipinski definition) is 3. The molecule has 6 heteroatoms. The van der Waals surface area contributed by atoms with Crippen molar-refractivity contribution < 1.29 is 24.5 Å². The van der Waals surface area contributed by atoms with Crippen molar-refractivity contribution in [3.8, 4) is 0 Å². The van der Waals surface area contributed by atoms with Gasteiger partial charge in [0.1, 0.15) is 6.10 Å². The minimum Gasteiger partial charge on any atom is -0.462 e. The van der Waals surface area contributed by atoms with Crippen LogP contribution in [0.15, 0.2) is 0 Å². The Bertz CT molecular complexity index is 746. The molecule has 3 unspecified atom stereocenters. The maximum absolute atomic E-state index is 13.1. The van der Waals surface area contributed by atoms with Gasteiger partial charge in [0.05, 0.1) is 25.2 Å². The van der Waals surface area contributed by atoms with E-state index in [-0.39, 0.29) is 24.9 Å². The average molecular weight is 738 g/mol. The first kappa shape index (κ1) is 50.9. The van der Waals surface area contributed by atoms with E-state index in [9.17, 15) is 19.8 Å². The SMILES string of the molecule is CCCCCCCCCCCCCC(=O)OC(CCCCCCCCCCCCC)CC(=O)NC(CO)C(O)CCCCCCCCCCCCC. The molecule has 3 atom stereocenters. The van der Waals surface area contributed by atoms with Crippen LogP contribution in [-0.2, 0) is 14.3 Å². The van der Waals surface area contributed by atoms with E-state index in [4.69, 9.17) is 4.74 Å². The molecule has 0 radical (unpaired) electrons. The molecule has 0 saturated carbocycles. The fraction of sp³-hybridized carbons (Fsp3) is 0.957. The van der Waals surface area contributed by atoms with E-state index in [0.717, 1.165) is 44.9 Å². The van der Waals surface area contributed by atoms with E-state index in [1.165, 1.54) is 167 Å². The van der Waals surface area contributed by atoms with Gasteiger partial charge in [-0.1, -0.05) is 220 Å². The number of hydrogen-bond acceptors (Lipinski definition) is 5. The third-order valence-electron chi connectivity index (χ3n) is 10.9. The summed E-state index contributed by atoms with van der Waals surface area (Å²) in [5.74, 6) is -0.459. The normalized spacial score (nSPS) is 13.2. The number of aliphatic hydroxyl groups is 2. The molecule has 0 fully saturated rings. The molecule has 0 saturated heterocycles. The molecule has 0 aliphatic heterocycles. The van der Waals surface area contributed by atoms with Crippen LogP contribution in [0.4, 0.5) is 0 Å². The van der Waals surface area contributed by atoms with E-state index in [1.807, 2.05) is 0 Å². The maximum Gasteiger partial charge on any atom is 0.306 e. The Morgan fingerprint density at radius 1 is 0.481 bits per heavy atom. The highest BCUT2D eigenvalue weighted by Gasteiger charge is 2.24. The number of ether oxygens (including phenoxy) is 1. The van der Waals surface area contributed by atoms with Gasteiger partial charge in [-0.3, -0.25) is 9.59 Å². The first-order valence-corrected chi connectivity index (χ1v) is 23.3. The minimum atomic E-state index is -0.777. The Morgan fingerprint density at radius 2 is 0.808 bits per heavy atom. The minimum absolute atomic E-state index is 0.0867. The lowest BCUT2D eigenvalue weighted by Gasteiger charge is -2.24. The van der Waals surface area contributed by atoms with Crippen molar-refractivity contribution in [3.63, 3.8) is 0 Å². The maximum atomic E-state index is 13.1. The highest BCUT2D eigenvalue weighted by Crippen LogP contribution is 2.18. The van der Waals surface area contributed by atoms with E-state index in [2.05, 4.69) is 26.1 Å². The Morgan fingerprint density at radius 3 is 1.17 bits per heavy atom. The number of unbranched alkanes of at least 4 members (excludes halogenated alkanes) is 30. The first-order valence-electron chi connectivity index (χ1n) is 23.3. The second-order valence-corrected chi connectivity index (χ2v) is 16.2. The predicted molar refractivity (Wildman–Crippen MR) is 223 cm³/mol. The van der Waals surface area contributed by atoms with Gasteiger partial charge in [-0.05, 0) is 25.7 Å². The van der Waals surface area contributed by atoms with Gasteiger partial charge in [0.25, 0.3) is 0 Å². The summed E-state index contributed by atoms with van der Waals surface area (Å²) in [5.41, 5.74) is 0. The molecule has 0 bridgehead atoms. The Balaban J connectivity index is 4.53.